The van der Waals surface area contributed by atoms with Crippen molar-refractivity contribution in [3.8, 4) is 16.2 Å². The molecule has 1 aromatic heterocycles. The number of thiophene rings is 1. The van der Waals surface area contributed by atoms with E-state index in [1.165, 1.54) is 10.1 Å². The average molecular weight is 330 g/mol. The molecule has 0 saturated carbocycles. The Morgan fingerprint density at radius 2 is 1.58 bits per heavy atom. The van der Waals surface area contributed by atoms with Crippen molar-refractivity contribution in [3.63, 3.8) is 0 Å². The molecule has 0 fully saturated rings. The summed E-state index contributed by atoms with van der Waals surface area (Å²) in [5, 5.41) is 1.23. The van der Waals surface area contributed by atoms with E-state index in [-0.39, 0.29) is 5.97 Å². The standard InChI is InChI=1S/C21H14O2S/c22-21(15-7-2-1-3-8-15)23-18-11-6-10-16(13-18)20-14-17-9-4-5-12-19(17)24-20/h1-14H. The third-order valence-electron chi connectivity index (χ3n) is 3.76. The molecule has 0 spiro atoms. The van der Waals surface area contributed by atoms with E-state index in [4.69, 9.17) is 4.74 Å². The van der Waals surface area contributed by atoms with Crippen molar-refractivity contribution in [1.82, 2.24) is 0 Å². The van der Waals surface area contributed by atoms with Gasteiger partial charge in [0.15, 0.2) is 0 Å². The number of fused-ring (bicyclic) bond motifs is 1. The van der Waals surface area contributed by atoms with Crippen LogP contribution in [0.25, 0.3) is 20.5 Å². The average Bonchev–Trinajstić information content (AvgIpc) is 3.07. The molecule has 0 saturated heterocycles. The van der Waals surface area contributed by atoms with E-state index < -0.39 is 0 Å². The molecule has 0 bridgehead atoms. The number of carbonyl (C=O) groups excluding carboxylic acids is 1. The first-order chi connectivity index (χ1) is 11.8. The molecule has 0 atom stereocenters. The lowest BCUT2D eigenvalue weighted by atomic mass is 10.1. The van der Waals surface area contributed by atoms with Gasteiger partial charge in [0.25, 0.3) is 0 Å². The molecular weight excluding hydrogens is 316 g/mol. The summed E-state index contributed by atoms with van der Waals surface area (Å²) in [5.41, 5.74) is 1.60. The Hall–Kier alpha value is -2.91. The lowest BCUT2D eigenvalue weighted by Gasteiger charge is -2.05. The molecule has 0 N–H and O–H groups in total. The quantitative estimate of drug-likeness (QED) is 0.351. The van der Waals surface area contributed by atoms with Gasteiger partial charge in [0.2, 0.25) is 0 Å². The van der Waals surface area contributed by atoms with Crippen molar-refractivity contribution in [2.75, 3.05) is 0 Å². The fourth-order valence-corrected chi connectivity index (χ4v) is 3.64. The lowest BCUT2D eigenvalue weighted by molar-refractivity contribution is 0.0735. The minimum atomic E-state index is -0.343. The van der Waals surface area contributed by atoms with E-state index in [2.05, 4.69) is 18.2 Å². The fourth-order valence-electron chi connectivity index (χ4n) is 2.58. The van der Waals surface area contributed by atoms with Gasteiger partial charge in [0.05, 0.1) is 5.56 Å². The van der Waals surface area contributed by atoms with Gasteiger partial charge in [0.1, 0.15) is 5.75 Å². The third kappa shape index (κ3) is 2.94. The Morgan fingerprint density at radius 3 is 2.42 bits per heavy atom. The lowest BCUT2D eigenvalue weighted by Crippen LogP contribution is -2.07. The molecule has 24 heavy (non-hydrogen) atoms. The van der Waals surface area contributed by atoms with Crippen LogP contribution in [0.3, 0.4) is 0 Å². The largest absolute Gasteiger partial charge is 0.423 e. The van der Waals surface area contributed by atoms with Crippen molar-refractivity contribution in [2.24, 2.45) is 0 Å². The summed E-state index contributed by atoms with van der Waals surface area (Å²) in [5.74, 6) is 0.211. The van der Waals surface area contributed by atoms with E-state index in [9.17, 15) is 4.79 Å². The van der Waals surface area contributed by atoms with Gasteiger partial charge in [0, 0.05) is 9.58 Å². The predicted molar refractivity (Wildman–Crippen MR) is 98.7 cm³/mol. The maximum atomic E-state index is 12.2. The van der Waals surface area contributed by atoms with Crippen molar-refractivity contribution in [2.45, 2.75) is 0 Å². The van der Waals surface area contributed by atoms with Crippen LogP contribution in [0.4, 0.5) is 0 Å². The van der Waals surface area contributed by atoms with Crippen LogP contribution in [0, 0.1) is 0 Å². The normalized spacial score (nSPS) is 10.7. The molecule has 1 heterocycles. The minimum Gasteiger partial charge on any atom is -0.423 e. The molecule has 4 rings (SSSR count). The monoisotopic (exact) mass is 330 g/mol. The molecule has 2 nitrogen and oxygen atoms in total. The van der Waals surface area contributed by atoms with Crippen LogP contribution in [-0.2, 0) is 0 Å². The maximum absolute atomic E-state index is 12.2. The van der Waals surface area contributed by atoms with Crippen LogP contribution >= 0.6 is 11.3 Å². The van der Waals surface area contributed by atoms with Crippen LogP contribution in [0.1, 0.15) is 10.4 Å². The Balaban J connectivity index is 1.63. The second-order valence-corrected chi connectivity index (χ2v) is 6.52. The first-order valence-corrected chi connectivity index (χ1v) is 8.47. The highest BCUT2D eigenvalue weighted by atomic mass is 32.1. The molecule has 0 unspecified atom stereocenters. The van der Waals surface area contributed by atoms with Gasteiger partial charge < -0.3 is 4.74 Å². The molecule has 0 aliphatic rings. The van der Waals surface area contributed by atoms with Gasteiger partial charge in [-0.15, -0.1) is 11.3 Å². The third-order valence-corrected chi connectivity index (χ3v) is 4.93. The highest BCUT2D eigenvalue weighted by Gasteiger charge is 2.09. The molecule has 4 aromatic rings. The van der Waals surface area contributed by atoms with E-state index in [0.717, 1.165) is 10.4 Å². The Kier molecular flexibility index (Phi) is 3.85. The molecule has 0 aliphatic carbocycles. The van der Waals surface area contributed by atoms with Crippen molar-refractivity contribution >= 4 is 27.4 Å². The zero-order chi connectivity index (χ0) is 16.4. The number of rotatable bonds is 3. The van der Waals surface area contributed by atoms with Crippen molar-refractivity contribution in [1.29, 1.82) is 0 Å². The Bertz CT molecular complexity index is 969. The summed E-state index contributed by atoms with van der Waals surface area (Å²) in [6.07, 6.45) is 0. The smallest absolute Gasteiger partial charge is 0.343 e. The first kappa shape index (κ1) is 14.7. The van der Waals surface area contributed by atoms with Crippen LogP contribution in [0.2, 0.25) is 0 Å². The number of hydrogen-bond acceptors (Lipinski definition) is 3. The van der Waals surface area contributed by atoms with Crippen molar-refractivity contribution in [3.05, 3.63) is 90.5 Å². The maximum Gasteiger partial charge on any atom is 0.343 e. The van der Waals surface area contributed by atoms with Gasteiger partial charge in [-0.1, -0.05) is 48.5 Å². The summed E-state index contributed by atoms with van der Waals surface area (Å²) in [7, 11) is 0. The first-order valence-electron chi connectivity index (χ1n) is 7.66. The van der Waals surface area contributed by atoms with E-state index in [1.807, 2.05) is 48.5 Å². The Morgan fingerprint density at radius 1 is 0.792 bits per heavy atom. The predicted octanol–water partition coefficient (Wildman–Crippen LogP) is 5.79. The van der Waals surface area contributed by atoms with Crippen LogP contribution in [0.5, 0.6) is 5.75 Å². The molecular formula is C21H14O2S. The van der Waals surface area contributed by atoms with Gasteiger partial charge in [-0.3, -0.25) is 0 Å². The van der Waals surface area contributed by atoms with E-state index >= 15 is 0 Å². The van der Waals surface area contributed by atoms with Crippen LogP contribution < -0.4 is 4.74 Å². The number of ether oxygens (including phenoxy) is 1. The highest BCUT2D eigenvalue weighted by Crippen LogP contribution is 2.34. The number of esters is 1. The van der Waals surface area contributed by atoms with Gasteiger partial charge in [-0.25, -0.2) is 4.79 Å². The molecule has 116 valence electrons. The molecule has 3 heteroatoms. The highest BCUT2D eigenvalue weighted by molar-refractivity contribution is 7.22. The molecule has 0 aliphatic heterocycles. The van der Waals surface area contributed by atoms with Crippen molar-refractivity contribution < 1.29 is 9.53 Å². The number of benzene rings is 3. The number of hydrogen-bond donors (Lipinski definition) is 0. The zero-order valence-electron chi connectivity index (χ0n) is 12.8. The molecule has 3 aromatic carbocycles. The van der Waals surface area contributed by atoms with Gasteiger partial charge >= 0.3 is 5.97 Å². The van der Waals surface area contributed by atoms with E-state index in [1.54, 1.807) is 29.5 Å². The molecule has 0 amide bonds. The topological polar surface area (TPSA) is 26.3 Å². The molecule has 0 radical (unpaired) electrons. The minimum absolute atomic E-state index is 0.343. The fraction of sp³-hybridized carbons (Fsp3) is 0. The van der Waals surface area contributed by atoms with Gasteiger partial charge in [-0.2, -0.15) is 0 Å². The van der Waals surface area contributed by atoms with Crippen LogP contribution in [0.15, 0.2) is 84.9 Å². The summed E-state index contributed by atoms with van der Waals surface area (Å²) in [6, 6.07) is 27.1. The van der Waals surface area contributed by atoms with Crippen LogP contribution in [-0.4, -0.2) is 5.97 Å². The summed E-state index contributed by atoms with van der Waals surface area (Å²) in [6.45, 7) is 0. The second kappa shape index (κ2) is 6.30. The second-order valence-electron chi connectivity index (χ2n) is 5.43. The van der Waals surface area contributed by atoms with E-state index in [0.29, 0.717) is 11.3 Å². The van der Waals surface area contributed by atoms with Gasteiger partial charge in [-0.05, 0) is 47.3 Å². The summed E-state index contributed by atoms with van der Waals surface area (Å²) in [4.78, 5) is 13.3. The zero-order valence-corrected chi connectivity index (χ0v) is 13.6. The SMILES string of the molecule is O=C(Oc1cccc(-c2cc3ccccc3s2)c1)c1ccccc1. The number of carbonyl (C=O) groups is 1. The summed E-state index contributed by atoms with van der Waals surface area (Å²) < 4.78 is 6.75. The summed E-state index contributed by atoms with van der Waals surface area (Å²) >= 11 is 1.73. The Labute approximate surface area is 144 Å².